The number of hydrogen-bond donors (Lipinski definition) is 1. The normalized spacial score (nSPS) is 16.3. The van der Waals surface area contributed by atoms with Gasteiger partial charge in [-0.05, 0) is 31.9 Å². The number of carbonyl (C=O) groups excluding carboxylic acids is 2. The number of ether oxygens (including phenoxy) is 1. The van der Waals surface area contributed by atoms with Gasteiger partial charge in [-0.2, -0.15) is 0 Å². The zero-order chi connectivity index (χ0) is 13.8. The van der Waals surface area contributed by atoms with E-state index in [9.17, 15) is 14.0 Å². The molecule has 19 heavy (non-hydrogen) atoms. The summed E-state index contributed by atoms with van der Waals surface area (Å²) < 4.78 is 18.4. The van der Waals surface area contributed by atoms with Crippen LogP contribution >= 0.6 is 0 Å². The first-order chi connectivity index (χ1) is 9.08. The molecule has 1 saturated carbocycles. The highest BCUT2D eigenvalue weighted by molar-refractivity contribution is 5.95. The summed E-state index contributed by atoms with van der Waals surface area (Å²) in [5.41, 5.74) is 0.0824. The topological polar surface area (TPSA) is 55.4 Å². The Morgan fingerprint density at radius 3 is 2.63 bits per heavy atom. The molecule has 1 atom stereocenters. The van der Waals surface area contributed by atoms with Gasteiger partial charge < -0.3 is 10.1 Å². The van der Waals surface area contributed by atoms with Crippen molar-refractivity contribution in [2.24, 2.45) is 5.92 Å². The Morgan fingerprint density at radius 1 is 1.37 bits per heavy atom. The molecule has 1 unspecified atom stereocenters. The van der Waals surface area contributed by atoms with Gasteiger partial charge in [-0.25, -0.2) is 4.39 Å². The molecule has 0 aliphatic heterocycles. The van der Waals surface area contributed by atoms with Crippen molar-refractivity contribution in [3.63, 3.8) is 0 Å². The molecule has 102 valence electrons. The van der Waals surface area contributed by atoms with E-state index < -0.39 is 17.8 Å². The predicted molar refractivity (Wildman–Crippen MR) is 67.9 cm³/mol. The second-order valence-electron chi connectivity index (χ2n) is 4.68. The van der Waals surface area contributed by atoms with Crippen molar-refractivity contribution in [2.45, 2.75) is 32.3 Å². The highest BCUT2D eigenvalue weighted by Gasteiger charge is 2.29. The molecule has 0 aromatic heterocycles. The molecule has 1 fully saturated rings. The first-order valence-electron chi connectivity index (χ1n) is 6.34. The van der Waals surface area contributed by atoms with E-state index in [0.717, 1.165) is 19.3 Å². The molecular formula is C14H16FNO3. The van der Waals surface area contributed by atoms with Crippen molar-refractivity contribution in [1.82, 2.24) is 0 Å². The lowest BCUT2D eigenvalue weighted by Gasteiger charge is -2.24. The van der Waals surface area contributed by atoms with Crippen LogP contribution in [0.5, 0.6) is 0 Å². The number of rotatable bonds is 4. The van der Waals surface area contributed by atoms with E-state index in [1.54, 1.807) is 6.07 Å². The van der Waals surface area contributed by atoms with E-state index in [1.807, 2.05) is 0 Å². The van der Waals surface area contributed by atoms with Crippen LogP contribution in [0, 0.1) is 11.7 Å². The van der Waals surface area contributed by atoms with Crippen LogP contribution in [0.3, 0.4) is 0 Å². The number of benzene rings is 1. The second kappa shape index (κ2) is 5.82. The van der Waals surface area contributed by atoms with Crippen molar-refractivity contribution in [2.75, 3.05) is 5.32 Å². The molecule has 1 amide bonds. The molecule has 1 aromatic rings. The quantitative estimate of drug-likeness (QED) is 0.851. The average molecular weight is 265 g/mol. The lowest BCUT2D eigenvalue weighted by molar-refractivity contribution is -0.159. The van der Waals surface area contributed by atoms with Crippen LogP contribution in [0.4, 0.5) is 10.1 Å². The summed E-state index contributed by atoms with van der Waals surface area (Å²) in [7, 11) is 0. The van der Waals surface area contributed by atoms with Crippen LogP contribution in [0.15, 0.2) is 24.3 Å². The highest BCUT2D eigenvalue weighted by atomic mass is 19.1. The van der Waals surface area contributed by atoms with Crippen LogP contribution < -0.4 is 5.32 Å². The molecule has 0 radical (unpaired) electrons. The molecule has 1 aliphatic carbocycles. The Labute approximate surface area is 110 Å². The number of halogens is 1. The summed E-state index contributed by atoms with van der Waals surface area (Å²) in [4.78, 5) is 23.4. The van der Waals surface area contributed by atoms with Gasteiger partial charge in [0.05, 0.1) is 11.6 Å². The number of anilines is 1. The zero-order valence-corrected chi connectivity index (χ0v) is 10.7. The molecule has 0 heterocycles. The average Bonchev–Trinajstić information content (AvgIpc) is 2.29. The lowest BCUT2D eigenvalue weighted by Crippen LogP contribution is -2.34. The Hall–Kier alpha value is -1.91. The zero-order valence-electron chi connectivity index (χ0n) is 10.7. The van der Waals surface area contributed by atoms with E-state index in [2.05, 4.69) is 5.32 Å². The van der Waals surface area contributed by atoms with E-state index in [0.29, 0.717) is 0 Å². The molecule has 0 saturated heterocycles. The Kier molecular flexibility index (Phi) is 4.14. The summed E-state index contributed by atoms with van der Waals surface area (Å²) in [6.45, 7) is 1.48. The lowest BCUT2D eigenvalue weighted by atomic mass is 9.86. The third kappa shape index (κ3) is 3.30. The summed E-state index contributed by atoms with van der Waals surface area (Å²) in [6, 6.07) is 5.85. The van der Waals surface area contributed by atoms with Crippen LogP contribution in [0.2, 0.25) is 0 Å². The monoisotopic (exact) mass is 265 g/mol. The van der Waals surface area contributed by atoms with Gasteiger partial charge in [-0.15, -0.1) is 0 Å². The first kappa shape index (κ1) is 13.5. The molecule has 1 aliphatic rings. The van der Waals surface area contributed by atoms with Crippen LogP contribution in [0.1, 0.15) is 26.2 Å². The Morgan fingerprint density at radius 2 is 2.05 bits per heavy atom. The highest BCUT2D eigenvalue weighted by Crippen LogP contribution is 2.27. The number of nitrogens with one attached hydrogen (secondary N) is 1. The molecule has 0 spiro atoms. The molecule has 2 rings (SSSR count). The first-order valence-corrected chi connectivity index (χ1v) is 6.34. The minimum Gasteiger partial charge on any atom is -0.452 e. The van der Waals surface area contributed by atoms with Gasteiger partial charge in [0.15, 0.2) is 6.10 Å². The van der Waals surface area contributed by atoms with Crippen LogP contribution in [-0.4, -0.2) is 18.0 Å². The van der Waals surface area contributed by atoms with E-state index >= 15 is 0 Å². The summed E-state index contributed by atoms with van der Waals surface area (Å²) in [5.74, 6) is -1.47. The fraction of sp³-hybridized carbons (Fsp3) is 0.429. The van der Waals surface area contributed by atoms with Crippen molar-refractivity contribution in [1.29, 1.82) is 0 Å². The van der Waals surface area contributed by atoms with Gasteiger partial charge in [-0.1, -0.05) is 18.6 Å². The Balaban J connectivity index is 1.88. The van der Waals surface area contributed by atoms with Gasteiger partial charge in [0.2, 0.25) is 0 Å². The van der Waals surface area contributed by atoms with E-state index in [1.165, 1.54) is 25.1 Å². The SMILES string of the molecule is CC(OC(=O)C1CCC1)C(=O)Nc1ccccc1F. The van der Waals surface area contributed by atoms with Gasteiger partial charge in [0.25, 0.3) is 5.91 Å². The maximum atomic E-state index is 13.3. The third-order valence-corrected chi connectivity index (χ3v) is 3.23. The summed E-state index contributed by atoms with van der Waals surface area (Å²) >= 11 is 0. The minimum atomic E-state index is -0.923. The van der Waals surface area contributed by atoms with E-state index in [-0.39, 0.29) is 17.6 Å². The molecule has 1 N–H and O–H groups in total. The number of hydrogen-bond acceptors (Lipinski definition) is 3. The smallest absolute Gasteiger partial charge is 0.309 e. The van der Waals surface area contributed by atoms with Gasteiger partial charge in [-0.3, -0.25) is 9.59 Å². The fourth-order valence-electron chi connectivity index (χ4n) is 1.76. The maximum Gasteiger partial charge on any atom is 0.309 e. The van der Waals surface area contributed by atoms with Crippen molar-refractivity contribution < 1.29 is 18.7 Å². The van der Waals surface area contributed by atoms with Crippen LogP contribution in [0.25, 0.3) is 0 Å². The predicted octanol–water partition coefficient (Wildman–Crippen LogP) is 2.50. The summed E-state index contributed by atoms with van der Waals surface area (Å²) in [5, 5.41) is 2.40. The molecule has 4 nitrogen and oxygen atoms in total. The van der Waals surface area contributed by atoms with Crippen LogP contribution in [-0.2, 0) is 14.3 Å². The Bertz CT molecular complexity index is 485. The molecule has 0 bridgehead atoms. The van der Waals surface area contributed by atoms with Gasteiger partial charge in [0.1, 0.15) is 5.82 Å². The fourth-order valence-corrected chi connectivity index (χ4v) is 1.76. The number of carbonyl (C=O) groups is 2. The maximum absolute atomic E-state index is 13.3. The third-order valence-electron chi connectivity index (χ3n) is 3.23. The molecule has 1 aromatic carbocycles. The van der Waals surface area contributed by atoms with Gasteiger partial charge >= 0.3 is 5.97 Å². The largest absolute Gasteiger partial charge is 0.452 e. The van der Waals surface area contributed by atoms with Crippen molar-refractivity contribution in [3.8, 4) is 0 Å². The van der Waals surface area contributed by atoms with Crippen molar-refractivity contribution in [3.05, 3.63) is 30.1 Å². The summed E-state index contributed by atoms with van der Waals surface area (Å²) in [6.07, 6.45) is 1.74. The van der Waals surface area contributed by atoms with Gasteiger partial charge in [0, 0.05) is 0 Å². The minimum absolute atomic E-state index is 0.0799. The number of amides is 1. The number of para-hydroxylation sites is 1. The molecular weight excluding hydrogens is 249 g/mol. The second-order valence-corrected chi connectivity index (χ2v) is 4.68. The van der Waals surface area contributed by atoms with Crippen molar-refractivity contribution >= 4 is 17.6 Å². The standard InChI is InChI=1S/C14H16FNO3/c1-9(19-14(18)10-5-4-6-10)13(17)16-12-8-3-2-7-11(12)15/h2-3,7-10H,4-6H2,1H3,(H,16,17). The molecule has 5 heteroatoms. The number of esters is 1. The van der Waals surface area contributed by atoms with E-state index in [4.69, 9.17) is 4.74 Å².